The Labute approximate surface area is 104 Å². The smallest absolute Gasteiger partial charge is 0.461 e. The van der Waals surface area contributed by atoms with Crippen LogP contribution >= 0.6 is 0 Å². The Balaban J connectivity index is 6.44. The van der Waals surface area contributed by atoms with Crippen LogP contribution in [0.25, 0.3) is 0 Å². The molecule has 0 saturated carbocycles. The number of hydrogen-bond donors (Lipinski definition) is 0. The first-order valence-electron chi connectivity index (χ1n) is 4.36. The molecule has 0 heterocycles. The van der Waals surface area contributed by atoms with Crippen molar-refractivity contribution in [2.45, 2.75) is 24.4 Å². The van der Waals surface area contributed by atoms with Crippen molar-refractivity contribution in [2.24, 2.45) is 0 Å². The van der Waals surface area contributed by atoms with E-state index in [1.54, 1.807) is 0 Å². The predicted octanol–water partition coefficient (Wildman–Crippen LogP) is 3.89. The molecule has 0 aromatic rings. The van der Waals surface area contributed by atoms with Gasteiger partial charge in [-0.2, -0.15) is 43.9 Å². The Bertz CT molecular complexity index is 378. The SMILES string of the molecule is CO/C(=C(/C(F)(F)F)C(F)(F)OC)C(F)(F)C(F)(F)F. The second kappa shape index (κ2) is 5.30. The van der Waals surface area contributed by atoms with Crippen LogP contribution in [0.15, 0.2) is 11.3 Å². The molecule has 0 spiro atoms. The van der Waals surface area contributed by atoms with Gasteiger partial charge in [0.2, 0.25) is 0 Å². The largest absolute Gasteiger partial charge is 0.494 e. The quantitative estimate of drug-likeness (QED) is 0.577. The average Bonchev–Trinajstić information content (AvgIpc) is 2.21. The Kier molecular flexibility index (Phi) is 4.98. The highest BCUT2D eigenvalue weighted by atomic mass is 19.4. The zero-order chi connectivity index (χ0) is 16.6. The molecule has 120 valence electrons. The van der Waals surface area contributed by atoms with Gasteiger partial charge in [-0.25, -0.2) is 0 Å². The highest BCUT2D eigenvalue weighted by Gasteiger charge is 2.67. The van der Waals surface area contributed by atoms with Gasteiger partial charge in [-0.3, -0.25) is 0 Å². The van der Waals surface area contributed by atoms with Crippen LogP contribution in [-0.4, -0.2) is 38.6 Å². The van der Waals surface area contributed by atoms with Gasteiger partial charge in [0.1, 0.15) is 0 Å². The van der Waals surface area contributed by atoms with Crippen LogP contribution in [0, 0.1) is 0 Å². The van der Waals surface area contributed by atoms with Crippen LogP contribution < -0.4 is 0 Å². The van der Waals surface area contributed by atoms with Crippen molar-refractivity contribution in [3.8, 4) is 0 Å². The third-order valence-electron chi connectivity index (χ3n) is 1.90. The van der Waals surface area contributed by atoms with Gasteiger partial charge in [0.15, 0.2) is 11.3 Å². The standard InChI is InChI=1S/C8H6F10O2/c1-19-4(5(9,10)8(16,17)18)3(6(11,12)13)7(14,15)20-2/h1-2H3/b4-3-. The molecule has 0 aliphatic carbocycles. The monoisotopic (exact) mass is 324 g/mol. The Morgan fingerprint density at radius 2 is 1.15 bits per heavy atom. The zero-order valence-corrected chi connectivity index (χ0v) is 9.60. The number of halogens is 10. The molecule has 0 atom stereocenters. The maximum Gasteiger partial charge on any atom is 0.461 e. The lowest BCUT2D eigenvalue weighted by molar-refractivity contribution is -0.284. The lowest BCUT2D eigenvalue weighted by Crippen LogP contribution is -2.44. The Morgan fingerprint density at radius 1 is 0.750 bits per heavy atom. The van der Waals surface area contributed by atoms with Crippen molar-refractivity contribution in [3.05, 3.63) is 11.3 Å². The van der Waals surface area contributed by atoms with Crippen LogP contribution in [0.5, 0.6) is 0 Å². The fourth-order valence-corrected chi connectivity index (χ4v) is 1.04. The number of alkyl halides is 10. The molecule has 0 N–H and O–H groups in total. The summed E-state index contributed by atoms with van der Waals surface area (Å²) in [5, 5.41) is 0. The maximum absolute atomic E-state index is 12.9. The van der Waals surface area contributed by atoms with Crippen molar-refractivity contribution in [3.63, 3.8) is 0 Å². The summed E-state index contributed by atoms with van der Waals surface area (Å²) in [6, 6.07) is 0. The van der Waals surface area contributed by atoms with E-state index in [0.717, 1.165) is 0 Å². The summed E-state index contributed by atoms with van der Waals surface area (Å²) in [5.74, 6) is -9.57. The second-order valence-corrected chi connectivity index (χ2v) is 3.20. The van der Waals surface area contributed by atoms with Crippen LogP contribution in [0.1, 0.15) is 0 Å². The van der Waals surface area contributed by atoms with Gasteiger partial charge >= 0.3 is 24.4 Å². The molecule has 0 rings (SSSR count). The normalized spacial score (nSPS) is 16.0. The molecule has 2 nitrogen and oxygen atoms in total. The summed E-state index contributed by atoms with van der Waals surface area (Å²) in [5.41, 5.74) is -3.57. The number of allylic oxidation sites excluding steroid dienone is 1. The van der Waals surface area contributed by atoms with Crippen molar-refractivity contribution in [1.29, 1.82) is 0 Å². The molecule has 20 heavy (non-hydrogen) atoms. The molecule has 12 heteroatoms. The summed E-state index contributed by atoms with van der Waals surface area (Å²) >= 11 is 0. The van der Waals surface area contributed by atoms with E-state index in [9.17, 15) is 43.9 Å². The lowest BCUT2D eigenvalue weighted by atomic mass is 10.1. The number of methoxy groups -OCH3 is 2. The van der Waals surface area contributed by atoms with Crippen LogP contribution in [0.3, 0.4) is 0 Å². The average molecular weight is 324 g/mol. The fourth-order valence-electron chi connectivity index (χ4n) is 1.04. The van der Waals surface area contributed by atoms with Crippen molar-refractivity contribution >= 4 is 0 Å². The first-order chi connectivity index (χ1) is 8.63. The highest BCUT2D eigenvalue weighted by molar-refractivity contribution is 5.26. The van der Waals surface area contributed by atoms with E-state index in [4.69, 9.17) is 0 Å². The van der Waals surface area contributed by atoms with Crippen LogP contribution in [-0.2, 0) is 9.47 Å². The van der Waals surface area contributed by atoms with Gasteiger partial charge in [-0.05, 0) is 0 Å². The molecule has 0 aliphatic rings. The lowest BCUT2D eigenvalue weighted by Gasteiger charge is -2.27. The minimum Gasteiger partial charge on any atom is -0.494 e. The molecule has 0 amide bonds. The molecule has 0 aromatic heterocycles. The number of ether oxygens (including phenoxy) is 2. The van der Waals surface area contributed by atoms with E-state index in [1.807, 2.05) is 0 Å². The van der Waals surface area contributed by atoms with Gasteiger partial charge < -0.3 is 9.47 Å². The third-order valence-corrected chi connectivity index (χ3v) is 1.90. The predicted molar refractivity (Wildman–Crippen MR) is 43.0 cm³/mol. The highest BCUT2D eigenvalue weighted by Crippen LogP contribution is 2.49. The summed E-state index contributed by atoms with van der Waals surface area (Å²) in [7, 11) is -0.0444. The second-order valence-electron chi connectivity index (χ2n) is 3.20. The molecular formula is C8H6F10O2. The summed E-state index contributed by atoms with van der Waals surface area (Å²) < 4.78 is 131. The fraction of sp³-hybridized carbons (Fsp3) is 0.750. The van der Waals surface area contributed by atoms with E-state index in [0.29, 0.717) is 0 Å². The minimum absolute atomic E-state index is 0.00918. The molecule has 0 aromatic carbocycles. The van der Waals surface area contributed by atoms with E-state index >= 15 is 0 Å². The molecule has 0 saturated heterocycles. The summed E-state index contributed by atoms with van der Waals surface area (Å²) in [4.78, 5) is 0. The van der Waals surface area contributed by atoms with Crippen LogP contribution in [0.4, 0.5) is 43.9 Å². The summed E-state index contributed by atoms with van der Waals surface area (Å²) in [6.07, 6.45) is -18.3. The van der Waals surface area contributed by atoms with E-state index < -0.39 is 35.7 Å². The van der Waals surface area contributed by atoms with Crippen molar-refractivity contribution in [1.82, 2.24) is 0 Å². The van der Waals surface area contributed by atoms with E-state index in [-0.39, 0.29) is 14.2 Å². The topological polar surface area (TPSA) is 18.5 Å². The molecule has 0 aliphatic heterocycles. The van der Waals surface area contributed by atoms with Gasteiger partial charge in [-0.15, -0.1) is 0 Å². The van der Waals surface area contributed by atoms with E-state index in [1.165, 1.54) is 0 Å². The Morgan fingerprint density at radius 3 is 1.35 bits per heavy atom. The first kappa shape index (κ1) is 18.8. The van der Waals surface area contributed by atoms with Gasteiger partial charge in [0, 0.05) is 7.11 Å². The van der Waals surface area contributed by atoms with Crippen molar-refractivity contribution in [2.75, 3.05) is 14.2 Å². The summed E-state index contributed by atoms with van der Waals surface area (Å²) in [6.45, 7) is 0. The number of hydrogen-bond acceptors (Lipinski definition) is 2. The minimum atomic E-state index is -6.57. The zero-order valence-electron chi connectivity index (χ0n) is 9.60. The molecular weight excluding hydrogens is 318 g/mol. The third kappa shape index (κ3) is 3.46. The van der Waals surface area contributed by atoms with Gasteiger partial charge in [0.05, 0.1) is 7.11 Å². The molecule has 0 fully saturated rings. The van der Waals surface area contributed by atoms with Gasteiger partial charge in [-0.1, -0.05) is 0 Å². The van der Waals surface area contributed by atoms with E-state index in [2.05, 4.69) is 9.47 Å². The van der Waals surface area contributed by atoms with Crippen LogP contribution in [0.2, 0.25) is 0 Å². The Hall–Kier alpha value is -1.20. The van der Waals surface area contributed by atoms with Crippen molar-refractivity contribution < 1.29 is 53.4 Å². The number of rotatable bonds is 4. The molecule has 0 unspecified atom stereocenters. The molecule has 0 bridgehead atoms. The molecule has 0 radical (unpaired) electrons. The first-order valence-corrected chi connectivity index (χ1v) is 4.36. The van der Waals surface area contributed by atoms with Gasteiger partial charge in [0.25, 0.3) is 0 Å². The maximum atomic E-state index is 12.9.